The minimum absolute atomic E-state index is 0.0520. The Balaban J connectivity index is 2.27. The fraction of sp³-hybridized carbons (Fsp3) is 0.467. The summed E-state index contributed by atoms with van der Waals surface area (Å²) in [5, 5.41) is 9.04. The first-order valence-electron chi connectivity index (χ1n) is 6.95. The van der Waals surface area contributed by atoms with Gasteiger partial charge in [0.25, 0.3) is 5.91 Å². The van der Waals surface area contributed by atoms with Gasteiger partial charge in [-0.3, -0.25) is 9.59 Å². The Bertz CT molecular complexity index is 559. The highest BCUT2D eigenvalue weighted by Crippen LogP contribution is 2.35. The van der Waals surface area contributed by atoms with Gasteiger partial charge < -0.3 is 19.6 Å². The second kappa shape index (κ2) is 6.03. The van der Waals surface area contributed by atoms with E-state index in [-0.39, 0.29) is 12.5 Å². The minimum atomic E-state index is -0.818. The maximum Gasteiger partial charge on any atom is 0.308 e. The summed E-state index contributed by atoms with van der Waals surface area (Å²) in [6.07, 6.45) is 0. The lowest BCUT2D eigenvalue weighted by molar-refractivity contribution is -0.140. The molecule has 1 aromatic rings. The van der Waals surface area contributed by atoms with Gasteiger partial charge in [0.15, 0.2) is 6.61 Å². The van der Waals surface area contributed by atoms with Crippen molar-refractivity contribution in [1.29, 1.82) is 0 Å². The minimum Gasteiger partial charge on any atom is -0.482 e. The van der Waals surface area contributed by atoms with E-state index in [1.807, 2.05) is 30.0 Å². The molecule has 2 rings (SSSR count). The summed E-state index contributed by atoms with van der Waals surface area (Å²) in [4.78, 5) is 26.2. The van der Waals surface area contributed by atoms with Gasteiger partial charge in [-0.15, -0.1) is 0 Å². The molecule has 0 bridgehead atoms. The van der Waals surface area contributed by atoms with E-state index in [0.29, 0.717) is 24.5 Å². The molecule has 114 valence electrons. The van der Waals surface area contributed by atoms with Crippen LogP contribution in [-0.4, -0.2) is 43.7 Å². The maximum absolute atomic E-state index is 11.7. The molecular weight excluding hydrogens is 272 g/mol. The van der Waals surface area contributed by atoms with Gasteiger partial charge >= 0.3 is 5.97 Å². The molecule has 21 heavy (non-hydrogen) atoms. The maximum atomic E-state index is 11.7. The van der Waals surface area contributed by atoms with Crippen molar-refractivity contribution in [3.8, 4) is 5.75 Å². The first-order chi connectivity index (χ1) is 9.93. The molecule has 1 aliphatic rings. The average molecular weight is 292 g/mol. The molecule has 0 aliphatic carbocycles. The second-order valence-electron chi connectivity index (χ2n) is 5.17. The third-order valence-corrected chi connectivity index (χ3v) is 3.69. The van der Waals surface area contributed by atoms with E-state index in [4.69, 9.17) is 9.84 Å². The molecule has 1 unspecified atom stereocenters. The third-order valence-electron chi connectivity index (χ3n) is 3.69. The highest BCUT2D eigenvalue weighted by atomic mass is 16.5. The van der Waals surface area contributed by atoms with E-state index in [1.165, 1.54) is 0 Å². The quantitative estimate of drug-likeness (QED) is 0.892. The van der Waals surface area contributed by atoms with Crippen LogP contribution in [-0.2, 0) is 9.59 Å². The van der Waals surface area contributed by atoms with Crippen LogP contribution in [0.25, 0.3) is 0 Å². The number of hydrogen-bond donors (Lipinski definition) is 1. The summed E-state index contributed by atoms with van der Waals surface area (Å²) in [5.41, 5.74) is 1.60. The van der Waals surface area contributed by atoms with Crippen LogP contribution in [0.3, 0.4) is 0 Å². The van der Waals surface area contributed by atoms with Crippen molar-refractivity contribution in [2.75, 3.05) is 36.5 Å². The molecule has 0 aromatic heterocycles. The van der Waals surface area contributed by atoms with Crippen LogP contribution in [0.1, 0.15) is 13.8 Å². The molecule has 0 radical (unpaired) electrons. The molecule has 1 aliphatic heterocycles. The molecule has 6 nitrogen and oxygen atoms in total. The summed E-state index contributed by atoms with van der Waals surface area (Å²) in [7, 11) is 1.71. The number of rotatable bonds is 5. The van der Waals surface area contributed by atoms with Crippen molar-refractivity contribution in [3.05, 3.63) is 18.2 Å². The van der Waals surface area contributed by atoms with E-state index >= 15 is 0 Å². The van der Waals surface area contributed by atoms with E-state index in [9.17, 15) is 9.59 Å². The number of carbonyl (C=O) groups is 2. The third kappa shape index (κ3) is 3.09. The van der Waals surface area contributed by atoms with E-state index in [2.05, 4.69) is 0 Å². The lowest BCUT2D eigenvalue weighted by Gasteiger charge is -2.30. The molecule has 1 atom stereocenters. The second-order valence-corrected chi connectivity index (χ2v) is 5.17. The Labute approximate surface area is 123 Å². The monoisotopic (exact) mass is 292 g/mol. The molecule has 0 fully saturated rings. The number of hydrogen-bond acceptors (Lipinski definition) is 4. The molecule has 0 saturated carbocycles. The van der Waals surface area contributed by atoms with Gasteiger partial charge in [0, 0.05) is 25.8 Å². The number of anilines is 2. The fourth-order valence-electron chi connectivity index (χ4n) is 2.28. The Morgan fingerprint density at radius 1 is 1.52 bits per heavy atom. The normalized spacial score (nSPS) is 15.2. The lowest BCUT2D eigenvalue weighted by Crippen LogP contribution is -2.36. The van der Waals surface area contributed by atoms with Crippen LogP contribution in [0.15, 0.2) is 18.2 Å². The first kappa shape index (κ1) is 15.2. The summed E-state index contributed by atoms with van der Waals surface area (Å²) in [6.45, 7) is 4.82. The van der Waals surface area contributed by atoms with Gasteiger partial charge in [0.05, 0.1) is 11.6 Å². The van der Waals surface area contributed by atoms with Crippen molar-refractivity contribution in [2.24, 2.45) is 5.92 Å². The van der Waals surface area contributed by atoms with Gasteiger partial charge in [-0.05, 0) is 25.1 Å². The summed E-state index contributed by atoms with van der Waals surface area (Å²) < 4.78 is 5.39. The van der Waals surface area contributed by atoms with Crippen LogP contribution in [0.4, 0.5) is 11.4 Å². The van der Waals surface area contributed by atoms with Crippen molar-refractivity contribution in [3.63, 3.8) is 0 Å². The first-order valence-corrected chi connectivity index (χ1v) is 6.95. The zero-order chi connectivity index (χ0) is 15.6. The average Bonchev–Trinajstić information content (AvgIpc) is 2.48. The molecule has 1 N–H and O–H groups in total. The number of amides is 1. The highest BCUT2D eigenvalue weighted by Gasteiger charge is 2.23. The molecule has 6 heteroatoms. The predicted octanol–water partition coefficient (Wildman–Crippen LogP) is 1.59. The number of carboxylic acids is 1. The highest BCUT2D eigenvalue weighted by molar-refractivity contribution is 5.97. The summed E-state index contributed by atoms with van der Waals surface area (Å²) in [6, 6.07) is 5.58. The largest absolute Gasteiger partial charge is 0.482 e. The summed E-state index contributed by atoms with van der Waals surface area (Å²) >= 11 is 0. The standard InChI is InChI=1S/C15H20N2O4/c1-4-17(8-10(2)15(19)20)11-5-6-13-12(7-11)16(3)14(18)9-21-13/h5-7,10H,4,8-9H2,1-3H3,(H,19,20). The van der Waals surface area contributed by atoms with Crippen molar-refractivity contribution in [1.82, 2.24) is 0 Å². The van der Waals surface area contributed by atoms with E-state index < -0.39 is 11.9 Å². The van der Waals surface area contributed by atoms with Crippen LogP contribution in [0.2, 0.25) is 0 Å². The van der Waals surface area contributed by atoms with Crippen molar-refractivity contribution >= 4 is 23.3 Å². The van der Waals surface area contributed by atoms with Gasteiger partial charge in [0.1, 0.15) is 5.75 Å². The number of ether oxygens (including phenoxy) is 1. The predicted molar refractivity (Wildman–Crippen MR) is 80.0 cm³/mol. The Hall–Kier alpha value is -2.24. The van der Waals surface area contributed by atoms with E-state index in [0.717, 1.165) is 5.69 Å². The van der Waals surface area contributed by atoms with Gasteiger partial charge in [-0.1, -0.05) is 6.92 Å². The van der Waals surface area contributed by atoms with Crippen LogP contribution in [0, 0.1) is 5.92 Å². The van der Waals surface area contributed by atoms with Crippen molar-refractivity contribution in [2.45, 2.75) is 13.8 Å². The van der Waals surface area contributed by atoms with Gasteiger partial charge in [0.2, 0.25) is 0 Å². The molecule has 0 saturated heterocycles. The van der Waals surface area contributed by atoms with E-state index in [1.54, 1.807) is 18.9 Å². The summed E-state index contributed by atoms with van der Waals surface area (Å²) in [5.74, 6) is -0.705. The number of likely N-dealkylation sites (N-methyl/N-ethyl adjacent to an activating group) is 1. The SMILES string of the molecule is CCN(CC(C)C(=O)O)c1ccc2c(c1)N(C)C(=O)CO2. The Morgan fingerprint density at radius 2 is 2.24 bits per heavy atom. The van der Waals surface area contributed by atoms with Crippen LogP contribution in [0.5, 0.6) is 5.75 Å². The molecule has 1 aromatic carbocycles. The van der Waals surface area contributed by atoms with Crippen molar-refractivity contribution < 1.29 is 19.4 Å². The zero-order valence-electron chi connectivity index (χ0n) is 12.5. The number of nitrogens with zero attached hydrogens (tertiary/aromatic N) is 2. The number of benzene rings is 1. The lowest BCUT2D eigenvalue weighted by atomic mass is 10.1. The topological polar surface area (TPSA) is 70.1 Å². The van der Waals surface area contributed by atoms with Gasteiger partial charge in [-0.2, -0.15) is 0 Å². The number of fused-ring (bicyclic) bond motifs is 1. The molecule has 1 amide bonds. The molecule has 0 spiro atoms. The van der Waals surface area contributed by atoms with Crippen LogP contribution < -0.4 is 14.5 Å². The zero-order valence-corrected chi connectivity index (χ0v) is 12.5. The van der Waals surface area contributed by atoms with Gasteiger partial charge in [-0.25, -0.2) is 0 Å². The fourth-order valence-corrected chi connectivity index (χ4v) is 2.28. The van der Waals surface area contributed by atoms with Crippen LogP contribution >= 0.6 is 0 Å². The Morgan fingerprint density at radius 3 is 2.86 bits per heavy atom. The number of carbonyl (C=O) groups excluding carboxylic acids is 1. The smallest absolute Gasteiger partial charge is 0.308 e. The molecule has 1 heterocycles. The number of aliphatic carboxylic acids is 1. The molecular formula is C15H20N2O4. The Kier molecular flexibility index (Phi) is 4.35. The number of carboxylic acid groups (broad SMARTS) is 1.